The van der Waals surface area contributed by atoms with E-state index < -0.39 is 0 Å². The summed E-state index contributed by atoms with van der Waals surface area (Å²) in [5.74, 6) is 0.618. The second kappa shape index (κ2) is 9.15. The fourth-order valence-corrected chi connectivity index (χ4v) is 3.58. The Kier molecular flexibility index (Phi) is 7.18. The Morgan fingerprint density at radius 1 is 1.36 bits per heavy atom. The molecule has 22 heavy (non-hydrogen) atoms. The standard InChI is InChI=1S/C16H25N3O2S/c17-14(12-22-15-4-2-1-3-5-15)8-11-19-9-6-13(7-10-19)16(20)18-21/h1-5,13-14,21H,6-12,17H2,(H,18,20)/t14-/m1/s1. The molecule has 5 nitrogen and oxygen atoms in total. The van der Waals surface area contributed by atoms with Gasteiger partial charge in [0.1, 0.15) is 0 Å². The number of nitrogens with one attached hydrogen (secondary N) is 1. The smallest absolute Gasteiger partial charge is 0.246 e. The SMILES string of the molecule is N[C@H](CCN1CCC(C(=O)NO)CC1)CSc1ccccc1. The first-order valence-electron chi connectivity index (χ1n) is 7.78. The molecule has 1 aliphatic heterocycles. The van der Waals surface area contributed by atoms with Crippen molar-refractivity contribution in [3.05, 3.63) is 30.3 Å². The molecular formula is C16H25N3O2S. The lowest BCUT2D eigenvalue weighted by atomic mass is 9.96. The first-order chi connectivity index (χ1) is 10.7. The van der Waals surface area contributed by atoms with E-state index in [1.807, 2.05) is 18.2 Å². The second-order valence-corrected chi connectivity index (χ2v) is 6.86. The van der Waals surface area contributed by atoms with Crippen LogP contribution in [0.3, 0.4) is 0 Å². The summed E-state index contributed by atoms with van der Waals surface area (Å²) in [7, 11) is 0. The Bertz CT molecular complexity index is 450. The molecule has 1 aromatic carbocycles. The van der Waals surface area contributed by atoms with Gasteiger partial charge in [-0.25, -0.2) is 5.48 Å². The second-order valence-electron chi connectivity index (χ2n) is 5.76. The summed E-state index contributed by atoms with van der Waals surface area (Å²) >= 11 is 1.80. The fraction of sp³-hybridized carbons (Fsp3) is 0.562. The van der Waals surface area contributed by atoms with E-state index in [-0.39, 0.29) is 17.9 Å². The Morgan fingerprint density at radius 3 is 2.68 bits per heavy atom. The summed E-state index contributed by atoms with van der Waals surface area (Å²) in [6.45, 7) is 2.78. The van der Waals surface area contributed by atoms with E-state index in [4.69, 9.17) is 10.9 Å². The largest absolute Gasteiger partial charge is 0.327 e. The number of carbonyl (C=O) groups is 1. The van der Waals surface area contributed by atoms with Crippen LogP contribution in [0.15, 0.2) is 35.2 Å². The lowest BCUT2D eigenvalue weighted by Gasteiger charge is -2.31. The molecule has 0 unspecified atom stereocenters. The number of amides is 1. The van der Waals surface area contributed by atoms with Crippen LogP contribution >= 0.6 is 11.8 Å². The molecule has 1 heterocycles. The minimum Gasteiger partial charge on any atom is -0.327 e. The van der Waals surface area contributed by atoms with Crippen molar-refractivity contribution in [1.29, 1.82) is 0 Å². The molecule has 122 valence electrons. The minimum absolute atomic E-state index is 0.0523. The third-order valence-corrected chi connectivity index (χ3v) is 5.29. The van der Waals surface area contributed by atoms with Crippen LogP contribution < -0.4 is 11.2 Å². The number of nitrogens with zero attached hydrogens (tertiary/aromatic N) is 1. The van der Waals surface area contributed by atoms with Crippen molar-refractivity contribution in [2.45, 2.75) is 30.2 Å². The van der Waals surface area contributed by atoms with Crippen LogP contribution in [-0.4, -0.2) is 47.4 Å². The summed E-state index contributed by atoms with van der Waals surface area (Å²) < 4.78 is 0. The number of piperidine rings is 1. The van der Waals surface area contributed by atoms with Crippen molar-refractivity contribution in [2.75, 3.05) is 25.4 Å². The number of hydroxylamine groups is 1. The summed E-state index contributed by atoms with van der Waals surface area (Å²) in [6, 6.07) is 10.5. The molecule has 1 saturated heterocycles. The molecule has 4 N–H and O–H groups in total. The maximum atomic E-state index is 11.4. The zero-order chi connectivity index (χ0) is 15.8. The van der Waals surface area contributed by atoms with Gasteiger partial charge in [0.05, 0.1) is 0 Å². The number of hydrogen-bond acceptors (Lipinski definition) is 5. The first-order valence-corrected chi connectivity index (χ1v) is 8.77. The van der Waals surface area contributed by atoms with E-state index >= 15 is 0 Å². The summed E-state index contributed by atoms with van der Waals surface area (Å²) in [5.41, 5.74) is 7.94. The molecule has 1 amide bonds. The third-order valence-electron chi connectivity index (χ3n) is 4.09. The monoisotopic (exact) mass is 323 g/mol. The Balaban J connectivity index is 1.61. The van der Waals surface area contributed by atoms with E-state index in [1.165, 1.54) is 4.90 Å². The van der Waals surface area contributed by atoms with Gasteiger partial charge in [-0.3, -0.25) is 10.0 Å². The van der Waals surface area contributed by atoms with Gasteiger partial charge in [-0.2, -0.15) is 0 Å². The number of thioether (sulfide) groups is 1. The van der Waals surface area contributed by atoms with E-state index in [9.17, 15) is 4.79 Å². The van der Waals surface area contributed by atoms with Gasteiger partial charge in [0.25, 0.3) is 0 Å². The van der Waals surface area contributed by atoms with Gasteiger partial charge in [-0.15, -0.1) is 11.8 Å². The van der Waals surface area contributed by atoms with Crippen LogP contribution in [0.25, 0.3) is 0 Å². The van der Waals surface area contributed by atoms with Crippen LogP contribution in [0.2, 0.25) is 0 Å². The molecule has 0 radical (unpaired) electrons. The van der Waals surface area contributed by atoms with E-state index in [2.05, 4.69) is 17.0 Å². The molecule has 0 bridgehead atoms. The summed E-state index contributed by atoms with van der Waals surface area (Å²) in [6.07, 6.45) is 2.58. The predicted octanol–water partition coefficient (Wildman–Crippen LogP) is 1.71. The lowest BCUT2D eigenvalue weighted by molar-refractivity contribution is -0.134. The minimum atomic E-state index is -0.254. The Labute approximate surface area is 136 Å². The van der Waals surface area contributed by atoms with Crippen molar-refractivity contribution in [3.8, 4) is 0 Å². The van der Waals surface area contributed by atoms with Gasteiger partial charge in [-0.05, 0) is 51.0 Å². The number of rotatable bonds is 7. The first kappa shape index (κ1) is 17.3. The average molecular weight is 323 g/mol. The van der Waals surface area contributed by atoms with Crippen LogP contribution in [0.5, 0.6) is 0 Å². The van der Waals surface area contributed by atoms with Gasteiger partial charge in [-0.1, -0.05) is 18.2 Å². The molecule has 0 spiro atoms. The molecule has 0 aromatic heterocycles. The van der Waals surface area contributed by atoms with Gasteiger partial charge in [0.2, 0.25) is 5.91 Å². The number of carbonyl (C=O) groups excluding carboxylic acids is 1. The molecule has 1 aliphatic rings. The van der Waals surface area contributed by atoms with Crippen molar-refractivity contribution >= 4 is 17.7 Å². The highest BCUT2D eigenvalue weighted by Gasteiger charge is 2.24. The molecule has 0 aliphatic carbocycles. The normalized spacial score (nSPS) is 18.1. The summed E-state index contributed by atoms with van der Waals surface area (Å²) in [5, 5.41) is 8.65. The van der Waals surface area contributed by atoms with Crippen molar-refractivity contribution in [3.63, 3.8) is 0 Å². The van der Waals surface area contributed by atoms with Crippen molar-refractivity contribution < 1.29 is 10.0 Å². The predicted molar refractivity (Wildman–Crippen MR) is 88.9 cm³/mol. The Morgan fingerprint density at radius 2 is 2.05 bits per heavy atom. The fourth-order valence-electron chi connectivity index (χ4n) is 2.66. The maximum Gasteiger partial charge on any atom is 0.246 e. The van der Waals surface area contributed by atoms with Gasteiger partial charge in [0.15, 0.2) is 0 Å². The maximum absolute atomic E-state index is 11.4. The summed E-state index contributed by atoms with van der Waals surface area (Å²) in [4.78, 5) is 15.0. The quantitative estimate of drug-likeness (QED) is 0.404. The van der Waals surface area contributed by atoms with Crippen molar-refractivity contribution in [1.82, 2.24) is 10.4 Å². The van der Waals surface area contributed by atoms with E-state index in [1.54, 1.807) is 17.2 Å². The Hall–Kier alpha value is -1.08. The lowest BCUT2D eigenvalue weighted by Crippen LogP contribution is -2.41. The number of benzene rings is 1. The highest BCUT2D eigenvalue weighted by atomic mass is 32.2. The van der Waals surface area contributed by atoms with Gasteiger partial charge >= 0.3 is 0 Å². The van der Waals surface area contributed by atoms with Gasteiger partial charge in [0, 0.05) is 22.6 Å². The average Bonchev–Trinajstić information content (AvgIpc) is 2.58. The van der Waals surface area contributed by atoms with Crippen molar-refractivity contribution in [2.24, 2.45) is 11.7 Å². The van der Waals surface area contributed by atoms with Crippen LogP contribution in [0, 0.1) is 5.92 Å². The molecule has 2 rings (SSSR count). The zero-order valence-corrected chi connectivity index (χ0v) is 13.6. The topological polar surface area (TPSA) is 78.6 Å². The van der Waals surface area contributed by atoms with Gasteiger partial charge < -0.3 is 10.6 Å². The van der Waals surface area contributed by atoms with Crippen LogP contribution in [0.4, 0.5) is 0 Å². The van der Waals surface area contributed by atoms with E-state index in [0.29, 0.717) is 0 Å². The molecule has 0 saturated carbocycles. The highest BCUT2D eigenvalue weighted by molar-refractivity contribution is 7.99. The number of nitrogens with two attached hydrogens (primary N) is 1. The molecule has 1 atom stereocenters. The molecule has 1 fully saturated rings. The molecular weight excluding hydrogens is 298 g/mol. The number of likely N-dealkylation sites (tertiary alicyclic amines) is 1. The molecule has 6 heteroatoms. The van der Waals surface area contributed by atoms with Crippen LogP contribution in [-0.2, 0) is 4.79 Å². The molecule has 1 aromatic rings. The number of hydrogen-bond donors (Lipinski definition) is 3. The van der Waals surface area contributed by atoms with Crippen LogP contribution in [0.1, 0.15) is 19.3 Å². The third kappa shape index (κ3) is 5.61. The zero-order valence-electron chi connectivity index (χ0n) is 12.8. The van der Waals surface area contributed by atoms with E-state index in [0.717, 1.165) is 44.6 Å². The highest BCUT2D eigenvalue weighted by Crippen LogP contribution is 2.20.